The summed E-state index contributed by atoms with van der Waals surface area (Å²) in [6.07, 6.45) is 0. The Morgan fingerprint density at radius 3 is 2.56 bits per heavy atom. The van der Waals surface area contributed by atoms with E-state index >= 15 is 0 Å². The van der Waals surface area contributed by atoms with E-state index in [1.807, 2.05) is 18.2 Å². The summed E-state index contributed by atoms with van der Waals surface area (Å²) in [4.78, 5) is 2.28. The molecule has 0 aliphatic carbocycles. The fourth-order valence-electron chi connectivity index (χ4n) is 1.76. The van der Waals surface area contributed by atoms with E-state index in [0.29, 0.717) is 5.92 Å². The first-order chi connectivity index (χ1) is 7.58. The molecule has 0 aromatic heterocycles. The molecule has 0 amide bonds. The number of hydrogen-bond acceptors (Lipinski definition) is 3. The third kappa shape index (κ3) is 3.05. The molecule has 0 bridgehead atoms. The van der Waals surface area contributed by atoms with E-state index in [1.54, 1.807) is 7.11 Å². The third-order valence-electron chi connectivity index (χ3n) is 2.55. The molecular formula is C13H22N2O. The summed E-state index contributed by atoms with van der Waals surface area (Å²) < 4.78 is 5.23. The molecule has 0 unspecified atom stereocenters. The first-order valence-corrected chi connectivity index (χ1v) is 5.77. The van der Waals surface area contributed by atoms with Crippen LogP contribution in [0.4, 0.5) is 11.4 Å². The number of ether oxygens (including phenoxy) is 1. The van der Waals surface area contributed by atoms with Gasteiger partial charge in [-0.3, -0.25) is 0 Å². The second-order valence-corrected chi connectivity index (χ2v) is 4.36. The van der Waals surface area contributed by atoms with Crippen molar-refractivity contribution in [1.82, 2.24) is 0 Å². The van der Waals surface area contributed by atoms with Crippen molar-refractivity contribution in [3.63, 3.8) is 0 Å². The van der Waals surface area contributed by atoms with Gasteiger partial charge in [-0.05, 0) is 25.0 Å². The summed E-state index contributed by atoms with van der Waals surface area (Å²) >= 11 is 0. The summed E-state index contributed by atoms with van der Waals surface area (Å²) in [5.41, 5.74) is 7.87. The maximum absolute atomic E-state index is 6.00. The highest BCUT2D eigenvalue weighted by atomic mass is 16.5. The zero-order chi connectivity index (χ0) is 12.1. The first kappa shape index (κ1) is 12.7. The van der Waals surface area contributed by atoms with Gasteiger partial charge in [-0.15, -0.1) is 0 Å². The lowest BCUT2D eigenvalue weighted by Crippen LogP contribution is -2.27. The second-order valence-electron chi connectivity index (χ2n) is 4.36. The molecule has 0 aliphatic rings. The summed E-state index contributed by atoms with van der Waals surface area (Å²) in [5.74, 6) is 1.47. The second kappa shape index (κ2) is 5.64. The van der Waals surface area contributed by atoms with E-state index in [2.05, 4.69) is 25.7 Å². The van der Waals surface area contributed by atoms with Crippen molar-refractivity contribution >= 4 is 11.4 Å². The lowest BCUT2D eigenvalue weighted by atomic mass is 10.1. The van der Waals surface area contributed by atoms with Crippen LogP contribution in [-0.2, 0) is 0 Å². The van der Waals surface area contributed by atoms with Crippen LogP contribution in [0.25, 0.3) is 0 Å². The van der Waals surface area contributed by atoms with E-state index in [1.165, 1.54) is 0 Å². The molecule has 2 N–H and O–H groups in total. The molecule has 0 saturated heterocycles. The fraction of sp³-hybridized carbons (Fsp3) is 0.538. The Morgan fingerprint density at radius 2 is 2.06 bits per heavy atom. The molecule has 0 radical (unpaired) electrons. The third-order valence-corrected chi connectivity index (χ3v) is 2.55. The van der Waals surface area contributed by atoms with Gasteiger partial charge in [0.15, 0.2) is 0 Å². The number of nitrogens with zero attached hydrogens (tertiary/aromatic N) is 1. The number of anilines is 2. The van der Waals surface area contributed by atoms with Crippen molar-refractivity contribution in [2.75, 3.05) is 30.8 Å². The van der Waals surface area contributed by atoms with Crippen LogP contribution in [0.2, 0.25) is 0 Å². The minimum absolute atomic E-state index is 0.616. The van der Waals surface area contributed by atoms with Crippen molar-refractivity contribution in [3.8, 4) is 5.75 Å². The van der Waals surface area contributed by atoms with Crippen molar-refractivity contribution in [3.05, 3.63) is 18.2 Å². The number of hydrogen-bond donors (Lipinski definition) is 1. The van der Waals surface area contributed by atoms with Gasteiger partial charge in [-0.25, -0.2) is 0 Å². The highest BCUT2D eigenvalue weighted by Gasteiger charge is 2.10. The SMILES string of the molecule is CCN(CC(C)C)c1cc(OC)ccc1N. The minimum Gasteiger partial charge on any atom is -0.497 e. The Kier molecular flexibility index (Phi) is 4.47. The highest BCUT2D eigenvalue weighted by molar-refractivity contribution is 5.69. The van der Waals surface area contributed by atoms with Crippen LogP contribution in [0.5, 0.6) is 5.75 Å². The van der Waals surface area contributed by atoms with E-state index in [0.717, 1.165) is 30.2 Å². The van der Waals surface area contributed by atoms with Crippen LogP contribution >= 0.6 is 0 Å². The average molecular weight is 222 g/mol. The standard InChI is InChI=1S/C13H22N2O/c1-5-15(9-10(2)3)13-8-11(16-4)6-7-12(13)14/h6-8,10H,5,9,14H2,1-4H3. The van der Waals surface area contributed by atoms with Crippen LogP contribution in [0.15, 0.2) is 18.2 Å². The molecule has 1 rings (SSSR count). The summed E-state index contributed by atoms with van der Waals surface area (Å²) in [6.45, 7) is 8.52. The topological polar surface area (TPSA) is 38.5 Å². The summed E-state index contributed by atoms with van der Waals surface area (Å²) in [7, 11) is 1.67. The number of nitrogens with two attached hydrogens (primary N) is 1. The number of rotatable bonds is 5. The molecule has 16 heavy (non-hydrogen) atoms. The Labute approximate surface area is 98.2 Å². The molecule has 1 aromatic carbocycles. The Balaban J connectivity index is 2.98. The molecule has 0 fully saturated rings. The van der Waals surface area contributed by atoms with Crippen LogP contribution in [0.3, 0.4) is 0 Å². The van der Waals surface area contributed by atoms with Gasteiger partial charge in [0.05, 0.1) is 18.5 Å². The fourth-order valence-corrected chi connectivity index (χ4v) is 1.76. The first-order valence-electron chi connectivity index (χ1n) is 5.77. The van der Waals surface area contributed by atoms with Gasteiger partial charge in [0, 0.05) is 19.2 Å². The summed E-state index contributed by atoms with van der Waals surface area (Å²) in [6, 6.07) is 5.79. The maximum atomic E-state index is 6.00. The van der Waals surface area contributed by atoms with Crippen LogP contribution in [-0.4, -0.2) is 20.2 Å². The Bertz CT molecular complexity index is 337. The molecule has 0 atom stereocenters. The van der Waals surface area contributed by atoms with E-state index < -0.39 is 0 Å². The van der Waals surface area contributed by atoms with Crippen LogP contribution in [0.1, 0.15) is 20.8 Å². The molecule has 90 valence electrons. The van der Waals surface area contributed by atoms with Crippen molar-refractivity contribution in [2.24, 2.45) is 5.92 Å². The molecule has 0 aliphatic heterocycles. The molecule has 3 heteroatoms. The Morgan fingerprint density at radius 1 is 1.38 bits per heavy atom. The molecule has 0 spiro atoms. The van der Waals surface area contributed by atoms with Gasteiger partial charge in [0.2, 0.25) is 0 Å². The molecule has 1 aromatic rings. The number of methoxy groups -OCH3 is 1. The molecular weight excluding hydrogens is 200 g/mol. The van der Waals surface area contributed by atoms with E-state index in [4.69, 9.17) is 10.5 Å². The zero-order valence-corrected chi connectivity index (χ0v) is 10.7. The average Bonchev–Trinajstić information content (AvgIpc) is 2.26. The monoisotopic (exact) mass is 222 g/mol. The van der Waals surface area contributed by atoms with Gasteiger partial charge >= 0.3 is 0 Å². The van der Waals surface area contributed by atoms with Crippen LogP contribution in [0, 0.1) is 5.92 Å². The van der Waals surface area contributed by atoms with Gasteiger partial charge < -0.3 is 15.4 Å². The zero-order valence-electron chi connectivity index (χ0n) is 10.7. The molecule has 3 nitrogen and oxygen atoms in total. The van der Waals surface area contributed by atoms with Gasteiger partial charge in [0.1, 0.15) is 5.75 Å². The van der Waals surface area contributed by atoms with E-state index in [9.17, 15) is 0 Å². The maximum Gasteiger partial charge on any atom is 0.121 e. The molecule has 0 saturated carbocycles. The highest BCUT2D eigenvalue weighted by Crippen LogP contribution is 2.28. The Hall–Kier alpha value is -1.38. The predicted molar refractivity (Wildman–Crippen MR) is 70.1 cm³/mol. The van der Waals surface area contributed by atoms with Crippen LogP contribution < -0.4 is 15.4 Å². The van der Waals surface area contributed by atoms with Crippen molar-refractivity contribution in [2.45, 2.75) is 20.8 Å². The van der Waals surface area contributed by atoms with Crippen molar-refractivity contribution < 1.29 is 4.74 Å². The quantitative estimate of drug-likeness (QED) is 0.778. The van der Waals surface area contributed by atoms with E-state index in [-0.39, 0.29) is 0 Å². The number of benzene rings is 1. The lowest BCUT2D eigenvalue weighted by molar-refractivity contribution is 0.415. The summed E-state index contributed by atoms with van der Waals surface area (Å²) in [5, 5.41) is 0. The largest absolute Gasteiger partial charge is 0.497 e. The van der Waals surface area contributed by atoms with Gasteiger partial charge in [0.25, 0.3) is 0 Å². The van der Waals surface area contributed by atoms with Crippen molar-refractivity contribution in [1.29, 1.82) is 0 Å². The molecule has 0 heterocycles. The number of nitrogen functional groups attached to an aromatic ring is 1. The normalized spacial score (nSPS) is 10.6. The predicted octanol–water partition coefficient (Wildman–Crippen LogP) is 2.76. The lowest BCUT2D eigenvalue weighted by Gasteiger charge is -2.26. The van der Waals surface area contributed by atoms with Gasteiger partial charge in [-0.1, -0.05) is 13.8 Å². The smallest absolute Gasteiger partial charge is 0.121 e. The minimum atomic E-state index is 0.616. The van der Waals surface area contributed by atoms with Gasteiger partial charge in [-0.2, -0.15) is 0 Å².